The lowest BCUT2D eigenvalue weighted by Gasteiger charge is -2.07. The van der Waals surface area contributed by atoms with E-state index in [1.807, 2.05) is 6.92 Å². The molecule has 0 aromatic carbocycles. The van der Waals surface area contributed by atoms with Gasteiger partial charge < -0.3 is 9.84 Å². The number of aromatic nitrogens is 3. The van der Waals surface area contributed by atoms with Crippen LogP contribution >= 0.6 is 11.6 Å². The van der Waals surface area contributed by atoms with Crippen molar-refractivity contribution in [1.82, 2.24) is 15.1 Å². The Morgan fingerprint density at radius 1 is 1.50 bits per heavy atom. The lowest BCUT2D eigenvalue weighted by Crippen LogP contribution is -2.14. The Morgan fingerprint density at radius 3 is 2.95 bits per heavy atom. The lowest BCUT2D eigenvalue weighted by atomic mass is 10.2. The Kier molecular flexibility index (Phi) is 4.52. The van der Waals surface area contributed by atoms with Crippen LogP contribution in [0.1, 0.15) is 29.5 Å². The number of amides is 1. The third kappa shape index (κ3) is 3.45. The molecule has 0 saturated heterocycles. The fraction of sp³-hybridized carbons (Fsp3) is 0.333. The molecule has 8 heteroatoms. The first-order chi connectivity index (χ1) is 9.60. The third-order valence-electron chi connectivity index (χ3n) is 2.40. The largest absolute Gasteiger partial charge is 0.370 e. The van der Waals surface area contributed by atoms with E-state index in [-0.39, 0.29) is 16.6 Å². The van der Waals surface area contributed by atoms with Crippen LogP contribution in [0.2, 0.25) is 5.02 Å². The molecule has 0 unspecified atom stereocenters. The summed E-state index contributed by atoms with van der Waals surface area (Å²) in [4.78, 5) is 20.1. The molecule has 2 rings (SSSR count). The average molecular weight is 296 g/mol. The number of nitrogens with zero attached hydrogens (tertiary/aromatic N) is 3. The Bertz CT molecular complexity index is 614. The Balaban J connectivity index is 2.15. The summed E-state index contributed by atoms with van der Waals surface area (Å²) < 4.78 is 4.82. The van der Waals surface area contributed by atoms with Crippen LogP contribution in [0, 0.1) is 6.92 Å². The number of anilines is 2. The van der Waals surface area contributed by atoms with Gasteiger partial charge in [-0.2, -0.15) is 4.98 Å². The zero-order valence-corrected chi connectivity index (χ0v) is 11.9. The number of pyridine rings is 1. The molecular formula is C12H14ClN5O2. The number of hydrogen-bond acceptors (Lipinski definition) is 6. The summed E-state index contributed by atoms with van der Waals surface area (Å²) in [5, 5.41) is 9.40. The van der Waals surface area contributed by atoms with Crippen molar-refractivity contribution in [3.8, 4) is 0 Å². The molecule has 0 fully saturated rings. The van der Waals surface area contributed by atoms with Crippen LogP contribution < -0.4 is 10.6 Å². The highest BCUT2D eigenvalue weighted by molar-refractivity contribution is 6.34. The van der Waals surface area contributed by atoms with E-state index in [2.05, 4.69) is 25.8 Å². The molecule has 2 heterocycles. The number of aryl methyl sites for hydroxylation is 1. The molecule has 0 radical (unpaired) electrons. The minimum absolute atomic E-state index is 0.0310. The molecule has 0 aliphatic carbocycles. The molecule has 106 valence electrons. The molecule has 2 aromatic rings. The van der Waals surface area contributed by atoms with E-state index in [1.54, 1.807) is 13.0 Å². The van der Waals surface area contributed by atoms with Crippen molar-refractivity contribution in [2.24, 2.45) is 0 Å². The number of rotatable bonds is 5. The number of hydrogen-bond donors (Lipinski definition) is 2. The van der Waals surface area contributed by atoms with Gasteiger partial charge in [0.05, 0.1) is 10.6 Å². The number of nitrogens with one attached hydrogen (secondary N) is 2. The molecule has 0 saturated carbocycles. The van der Waals surface area contributed by atoms with Gasteiger partial charge in [-0.3, -0.25) is 10.1 Å². The highest BCUT2D eigenvalue weighted by atomic mass is 35.5. The van der Waals surface area contributed by atoms with Gasteiger partial charge in [-0.25, -0.2) is 4.98 Å². The summed E-state index contributed by atoms with van der Waals surface area (Å²) in [6.45, 7) is 4.46. The van der Waals surface area contributed by atoms with Crippen LogP contribution in [0.15, 0.2) is 16.8 Å². The molecule has 0 spiro atoms. The van der Waals surface area contributed by atoms with Gasteiger partial charge in [-0.1, -0.05) is 23.7 Å². The molecule has 0 atom stereocenters. The predicted octanol–water partition coefficient (Wildman–Crippen LogP) is 2.50. The quantitative estimate of drug-likeness (QED) is 0.880. The standard InChI is InChI=1S/C12H14ClN5O2/c1-3-4-14-10-5-8(9(13)6-15-10)11(19)17-12-16-7(2)18-20-12/h5-6H,3-4H2,1-2H3,(H,14,15)(H,16,17,18,19). The summed E-state index contributed by atoms with van der Waals surface area (Å²) in [5.74, 6) is 0.593. The first-order valence-electron chi connectivity index (χ1n) is 6.11. The highest BCUT2D eigenvalue weighted by Gasteiger charge is 2.15. The van der Waals surface area contributed by atoms with Crippen LogP contribution in [-0.2, 0) is 0 Å². The molecule has 0 aliphatic heterocycles. The van der Waals surface area contributed by atoms with E-state index in [9.17, 15) is 4.79 Å². The third-order valence-corrected chi connectivity index (χ3v) is 2.71. The van der Waals surface area contributed by atoms with E-state index >= 15 is 0 Å². The predicted molar refractivity (Wildman–Crippen MR) is 75.0 cm³/mol. The SMILES string of the molecule is CCCNc1cc(C(=O)Nc2nc(C)no2)c(Cl)cn1. The van der Waals surface area contributed by atoms with E-state index in [4.69, 9.17) is 16.1 Å². The minimum Gasteiger partial charge on any atom is -0.370 e. The summed E-state index contributed by atoms with van der Waals surface area (Å²) in [6, 6.07) is 1.61. The molecule has 20 heavy (non-hydrogen) atoms. The normalized spacial score (nSPS) is 10.3. The second-order valence-corrected chi connectivity index (χ2v) is 4.48. The van der Waals surface area contributed by atoms with E-state index < -0.39 is 5.91 Å². The maximum atomic E-state index is 12.1. The molecule has 2 aromatic heterocycles. The van der Waals surface area contributed by atoms with Crippen molar-refractivity contribution < 1.29 is 9.32 Å². The highest BCUT2D eigenvalue weighted by Crippen LogP contribution is 2.19. The van der Waals surface area contributed by atoms with Crippen LogP contribution in [0.5, 0.6) is 0 Å². The van der Waals surface area contributed by atoms with Gasteiger partial charge in [-0.15, -0.1) is 0 Å². The minimum atomic E-state index is -0.430. The van der Waals surface area contributed by atoms with Gasteiger partial charge >= 0.3 is 6.01 Å². The topological polar surface area (TPSA) is 92.9 Å². The first-order valence-corrected chi connectivity index (χ1v) is 6.49. The maximum absolute atomic E-state index is 12.1. The molecule has 0 aliphatic rings. The first kappa shape index (κ1) is 14.3. The second kappa shape index (κ2) is 6.33. The number of carbonyl (C=O) groups is 1. The molecule has 2 N–H and O–H groups in total. The van der Waals surface area contributed by atoms with Crippen LogP contribution in [0.3, 0.4) is 0 Å². The molecule has 0 bridgehead atoms. The van der Waals surface area contributed by atoms with Crippen LogP contribution in [0.4, 0.5) is 11.8 Å². The van der Waals surface area contributed by atoms with Gasteiger partial charge in [0.15, 0.2) is 5.82 Å². The van der Waals surface area contributed by atoms with Gasteiger partial charge in [0.2, 0.25) is 0 Å². The van der Waals surface area contributed by atoms with Gasteiger partial charge in [0.25, 0.3) is 5.91 Å². The molecule has 1 amide bonds. The Labute approximate surface area is 120 Å². The molecule has 7 nitrogen and oxygen atoms in total. The lowest BCUT2D eigenvalue weighted by molar-refractivity contribution is 0.102. The van der Waals surface area contributed by atoms with E-state index in [0.29, 0.717) is 11.6 Å². The van der Waals surface area contributed by atoms with Crippen molar-refractivity contribution in [3.05, 3.63) is 28.7 Å². The Morgan fingerprint density at radius 2 is 2.30 bits per heavy atom. The summed E-state index contributed by atoms with van der Waals surface area (Å²) in [5.41, 5.74) is 0.288. The van der Waals surface area contributed by atoms with Crippen molar-refractivity contribution >= 4 is 29.3 Å². The summed E-state index contributed by atoms with van der Waals surface area (Å²) in [6.07, 6.45) is 2.38. The average Bonchev–Trinajstić information content (AvgIpc) is 2.83. The van der Waals surface area contributed by atoms with E-state index in [0.717, 1.165) is 13.0 Å². The van der Waals surface area contributed by atoms with Crippen LogP contribution in [-0.4, -0.2) is 27.6 Å². The van der Waals surface area contributed by atoms with Crippen molar-refractivity contribution in [2.45, 2.75) is 20.3 Å². The summed E-state index contributed by atoms with van der Waals surface area (Å²) in [7, 11) is 0. The van der Waals surface area contributed by atoms with E-state index in [1.165, 1.54) is 6.20 Å². The van der Waals surface area contributed by atoms with Crippen molar-refractivity contribution in [1.29, 1.82) is 0 Å². The summed E-state index contributed by atoms with van der Waals surface area (Å²) >= 11 is 5.98. The second-order valence-electron chi connectivity index (χ2n) is 4.08. The van der Waals surface area contributed by atoms with Crippen molar-refractivity contribution in [3.63, 3.8) is 0 Å². The fourth-order valence-electron chi connectivity index (χ4n) is 1.47. The maximum Gasteiger partial charge on any atom is 0.328 e. The fourth-order valence-corrected chi connectivity index (χ4v) is 1.66. The monoisotopic (exact) mass is 295 g/mol. The number of halogens is 1. The Hall–Kier alpha value is -2.15. The smallest absolute Gasteiger partial charge is 0.328 e. The zero-order valence-electron chi connectivity index (χ0n) is 11.1. The van der Waals surface area contributed by atoms with Gasteiger partial charge in [-0.05, 0) is 19.4 Å². The molecular weight excluding hydrogens is 282 g/mol. The van der Waals surface area contributed by atoms with Crippen molar-refractivity contribution in [2.75, 3.05) is 17.2 Å². The van der Waals surface area contributed by atoms with Gasteiger partial charge in [0.1, 0.15) is 5.82 Å². The van der Waals surface area contributed by atoms with Gasteiger partial charge in [0, 0.05) is 12.7 Å². The number of carbonyl (C=O) groups excluding carboxylic acids is 1. The zero-order chi connectivity index (χ0) is 14.5. The van der Waals surface area contributed by atoms with Crippen LogP contribution in [0.25, 0.3) is 0 Å².